The standard InChI is InChI=1S/C13H20N4O2/c1-2-3-9-15-13(19)17(16-12(14)18)10-11-7-5-4-6-8-11/h4-8H,2-3,9-10H2,1H3,(H,15,19)(H3,14,16,18). The van der Waals surface area contributed by atoms with Crippen molar-refractivity contribution in [2.75, 3.05) is 6.54 Å². The van der Waals surface area contributed by atoms with Crippen LogP contribution in [0.4, 0.5) is 9.59 Å². The van der Waals surface area contributed by atoms with Gasteiger partial charge in [-0.1, -0.05) is 43.7 Å². The first-order valence-electron chi connectivity index (χ1n) is 6.29. The van der Waals surface area contributed by atoms with Gasteiger partial charge in [0.05, 0.1) is 6.54 Å². The Balaban J connectivity index is 2.60. The average molecular weight is 264 g/mol. The molecule has 0 aliphatic heterocycles. The maximum atomic E-state index is 11.9. The summed E-state index contributed by atoms with van der Waals surface area (Å²) in [5, 5.41) is 3.90. The van der Waals surface area contributed by atoms with Crippen molar-refractivity contribution >= 4 is 12.1 Å². The van der Waals surface area contributed by atoms with Crippen LogP contribution in [0.2, 0.25) is 0 Å². The number of hydrogen-bond donors (Lipinski definition) is 3. The molecule has 6 nitrogen and oxygen atoms in total. The van der Waals surface area contributed by atoms with Crippen LogP contribution >= 0.6 is 0 Å². The molecule has 0 heterocycles. The van der Waals surface area contributed by atoms with Gasteiger partial charge in [-0.2, -0.15) is 0 Å². The van der Waals surface area contributed by atoms with E-state index >= 15 is 0 Å². The zero-order valence-electron chi connectivity index (χ0n) is 11.1. The van der Waals surface area contributed by atoms with Gasteiger partial charge in [0.15, 0.2) is 0 Å². The summed E-state index contributed by atoms with van der Waals surface area (Å²) in [4.78, 5) is 22.8. The molecule has 4 amide bonds. The van der Waals surface area contributed by atoms with E-state index in [0.717, 1.165) is 18.4 Å². The summed E-state index contributed by atoms with van der Waals surface area (Å²) in [6.07, 6.45) is 1.88. The highest BCUT2D eigenvalue weighted by Gasteiger charge is 2.14. The van der Waals surface area contributed by atoms with E-state index in [1.54, 1.807) is 0 Å². The van der Waals surface area contributed by atoms with E-state index in [1.807, 2.05) is 37.3 Å². The van der Waals surface area contributed by atoms with Gasteiger partial charge in [-0.25, -0.2) is 20.0 Å². The molecule has 1 aromatic rings. The Hall–Kier alpha value is -2.24. The van der Waals surface area contributed by atoms with Crippen LogP contribution in [0.3, 0.4) is 0 Å². The predicted molar refractivity (Wildman–Crippen MR) is 73.0 cm³/mol. The fourth-order valence-corrected chi connectivity index (χ4v) is 1.53. The first-order chi connectivity index (χ1) is 9.13. The molecule has 104 valence electrons. The molecule has 1 aromatic carbocycles. The lowest BCUT2D eigenvalue weighted by Gasteiger charge is -2.22. The molecule has 0 spiro atoms. The van der Waals surface area contributed by atoms with E-state index in [9.17, 15) is 9.59 Å². The minimum atomic E-state index is -0.762. The lowest BCUT2D eigenvalue weighted by atomic mass is 10.2. The van der Waals surface area contributed by atoms with Gasteiger partial charge in [-0.05, 0) is 12.0 Å². The number of carbonyl (C=O) groups is 2. The summed E-state index contributed by atoms with van der Waals surface area (Å²) < 4.78 is 0. The van der Waals surface area contributed by atoms with E-state index in [2.05, 4.69) is 10.7 Å². The third kappa shape index (κ3) is 5.76. The summed E-state index contributed by atoms with van der Waals surface area (Å²) >= 11 is 0. The summed E-state index contributed by atoms with van der Waals surface area (Å²) in [5.41, 5.74) is 8.29. The third-order valence-electron chi connectivity index (χ3n) is 2.48. The van der Waals surface area contributed by atoms with Crippen LogP contribution in [0.25, 0.3) is 0 Å². The second-order valence-electron chi connectivity index (χ2n) is 4.13. The maximum absolute atomic E-state index is 11.9. The molecule has 0 bridgehead atoms. The molecule has 6 heteroatoms. The Morgan fingerprint density at radius 2 is 1.95 bits per heavy atom. The van der Waals surface area contributed by atoms with Crippen molar-refractivity contribution in [2.24, 2.45) is 5.73 Å². The third-order valence-corrected chi connectivity index (χ3v) is 2.48. The largest absolute Gasteiger partial charge is 0.350 e. The molecular formula is C13H20N4O2. The van der Waals surface area contributed by atoms with Crippen LogP contribution in [0.1, 0.15) is 25.3 Å². The van der Waals surface area contributed by atoms with Crippen molar-refractivity contribution in [3.05, 3.63) is 35.9 Å². The summed E-state index contributed by atoms with van der Waals surface area (Å²) in [7, 11) is 0. The summed E-state index contributed by atoms with van der Waals surface area (Å²) in [6, 6.07) is 8.23. The maximum Gasteiger partial charge on any atom is 0.336 e. The Labute approximate surface area is 112 Å². The topological polar surface area (TPSA) is 87.5 Å². The molecule has 0 fully saturated rings. The highest BCUT2D eigenvalue weighted by Crippen LogP contribution is 2.02. The molecule has 0 aliphatic rings. The minimum Gasteiger partial charge on any atom is -0.350 e. The van der Waals surface area contributed by atoms with E-state index in [-0.39, 0.29) is 12.6 Å². The Morgan fingerprint density at radius 3 is 2.53 bits per heavy atom. The van der Waals surface area contributed by atoms with Gasteiger partial charge < -0.3 is 11.1 Å². The Kier molecular flexibility index (Phi) is 6.21. The van der Waals surface area contributed by atoms with Crippen molar-refractivity contribution in [3.63, 3.8) is 0 Å². The van der Waals surface area contributed by atoms with E-state index < -0.39 is 6.03 Å². The van der Waals surface area contributed by atoms with Crippen LogP contribution in [0.5, 0.6) is 0 Å². The summed E-state index contributed by atoms with van der Waals surface area (Å²) in [5.74, 6) is 0. The zero-order chi connectivity index (χ0) is 14.1. The number of hydrazine groups is 1. The van der Waals surface area contributed by atoms with Gasteiger partial charge in [0.1, 0.15) is 0 Å². The molecule has 0 saturated heterocycles. The van der Waals surface area contributed by atoms with Crippen molar-refractivity contribution in [1.29, 1.82) is 0 Å². The first-order valence-corrected chi connectivity index (χ1v) is 6.29. The number of hydrogen-bond acceptors (Lipinski definition) is 2. The molecular weight excluding hydrogens is 244 g/mol. The highest BCUT2D eigenvalue weighted by molar-refractivity contribution is 5.79. The summed E-state index contributed by atoms with van der Waals surface area (Å²) in [6.45, 7) is 2.87. The first kappa shape index (κ1) is 14.8. The monoisotopic (exact) mass is 264 g/mol. The molecule has 19 heavy (non-hydrogen) atoms. The number of amides is 4. The van der Waals surface area contributed by atoms with E-state index in [4.69, 9.17) is 5.73 Å². The molecule has 0 aromatic heterocycles. The van der Waals surface area contributed by atoms with Gasteiger partial charge in [-0.3, -0.25) is 0 Å². The zero-order valence-corrected chi connectivity index (χ0v) is 11.1. The Bertz CT molecular complexity index is 408. The average Bonchev–Trinajstić information content (AvgIpc) is 2.39. The minimum absolute atomic E-state index is 0.266. The molecule has 0 radical (unpaired) electrons. The van der Waals surface area contributed by atoms with Crippen LogP contribution in [-0.2, 0) is 6.54 Å². The molecule has 0 unspecified atom stereocenters. The fraction of sp³-hybridized carbons (Fsp3) is 0.385. The smallest absolute Gasteiger partial charge is 0.336 e. The van der Waals surface area contributed by atoms with Crippen LogP contribution in [-0.4, -0.2) is 23.6 Å². The molecule has 0 atom stereocenters. The van der Waals surface area contributed by atoms with E-state index in [1.165, 1.54) is 5.01 Å². The number of carbonyl (C=O) groups excluding carboxylic acids is 2. The van der Waals surface area contributed by atoms with Gasteiger partial charge in [-0.15, -0.1) is 0 Å². The van der Waals surface area contributed by atoms with E-state index in [0.29, 0.717) is 6.54 Å². The molecule has 1 rings (SSSR count). The van der Waals surface area contributed by atoms with Crippen LogP contribution in [0, 0.1) is 0 Å². The van der Waals surface area contributed by atoms with Gasteiger partial charge >= 0.3 is 12.1 Å². The van der Waals surface area contributed by atoms with Gasteiger partial charge in [0, 0.05) is 6.54 Å². The van der Waals surface area contributed by atoms with Crippen LogP contribution < -0.4 is 16.5 Å². The molecule has 4 N–H and O–H groups in total. The number of nitrogens with two attached hydrogens (primary N) is 1. The molecule has 0 aliphatic carbocycles. The number of primary amides is 1. The highest BCUT2D eigenvalue weighted by atomic mass is 16.2. The Morgan fingerprint density at radius 1 is 1.26 bits per heavy atom. The van der Waals surface area contributed by atoms with Gasteiger partial charge in [0.2, 0.25) is 0 Å². The lowest BCUT2D eigenvalue weighted by Crippen LogP contribution is -2.51. The van der Waals surface area contributed by atoms with Crippen molar-refractivity contribution < 1.29 is 9.59 Å². The lowest BCUT2D eigenvalue weighted by molar-refractivity contribution is 0.166. The number of nitrogens with one attached hydrogen (secondary N) is 2. The van der Waals surface area contributed by atoms with Crippen molar-refractivity contribution in [1.82, 2.24) is 15.8 Å². The quantitative estimate of drug-likeness (QED) is 0.557. The normalized spacial score (nSPS) is 9.74. The fourth-order valence-electron chi connectivity index (χ4n) is 1.53. The number of benzene rings is 1. The second-order valence-corrected chi connectivity index (χ2v) is 4.13. The number of nitrogens with zero attached hydrogens (tertiary/aromatic N) is 1. The van der Waals surface area contributed by atoms with Crippen molar-refractivity contribution in [2.45, 2.75) is 26.3 Å². The molecule has 0 saturated carbocycles. The number of rotatable bonds is 5. The van der Waals surface area contributed by atoms with Crippen molar-refractivity contribution in [3.8, 4) is 0 Å². The van der Waals surface area contributed by atoms with Gasteiger partial charge in [0.25, 0.3) is 0 Å². The number of unbranched alkanes of at least 4 members (excludes halogenated alkanes) is 1. The second kappa shape index (κ2) is 7.97. The SMILES string of the molecule is CCCCNC(=O)N(Cc1ccccc1)NC(N)=O. The predicted octanol–water partition coefficient (Wildman–Crippen LogP) is 1.58. The number of urea groups is 2. The van der Waals surface area contributed by atoms with Crippen LogP contribution in [0.15, 0.2) is 30.3 Å².